The summed E-state index contributed by atoms with van der Waals surface area (Å²) in [6.45, 7) is 5.43. The Morgan fingerprint density at radius 2 is 2.06 bits per heavy atom. The summed E-state index contributed by atoms with van der Waals surface area (Å²) in [7, 11) is 0. The Kier molecular flexibility index (Phi) is 3.91. The predicted octanol–water partition coefficient (Wildman–Crippen LogP) is 3.66. The van der Waals surface area contributed by atoms with Gasteiger partial charge in [0.15, 0.2) is 0 Å². The van der Waals surface area contributed by atoms with Gasteiger partial charge in [-0.15, -0.1) is 0 Å². The van der Waals surface area contributed by atoms with Crippen LogP contribution in [0.3, 0.4) is 0 Å². The van der Waals surface area contributed by atoms with Gasteiger partial charge in [-0.05, 0) is 46.7 Å². The van der Waals surface area contributed by atoms with Crippen LogP contribution < -0.4 is 5.73 Å². The van der Waals surface area contributed by atoms with Crippen molar-refractivity contribution in [3.8, 4) is 0 Å². The van der Waals surface area contributed by atoms with Crippen LogP contribution in [0.15, 0.2) is 18.2 Å². The summed E-state index contributed by atoms with van der Waals surface area (Å²) in [4.78, 5) is 4.43. The molecule has 17 heavy (non-hydrogen) atoms. The normalized spacial score (nSPS) is 11.5. The Morgan fingerprint density at radius 1 is 1.35 bits per heavy atom. The Balaban J connectivity index is 2.42. The third-order valence-corrected chi connectivity index (χ3v) is 4.01. The highest BCUT2D eigenvalue weighted by molar-refractivity contribution is 14.1. The molecule has 0 saturated carbocycles. The number of rotatable bonds is 4. The molecule has 0 fully saturated rings. The quantitative estimate of drug-likeness (QED) is 0.861. The van der Waals surface area contributed by atoms with E-state index in [2.05, 4.69) is 64.2 Å². The fraction of sp³-hybridized carbons (Fsp3) is 0.462. The zero-order chi connectivity index (χ0) is 12.4. The summed E-state index contributed by atoms with van der Waals surface area (Å²) >= 11 is 2.30. The largest absolute Gasteiger partial charge is 0.369 e. The van der Waals surface area contributed by atoms with Crippen LogP contribution >= 0.6 is 22.6 Å². The summed E-state index contributed by atoms with van der Waals surface area (Å²) in [5.74, 6) is 1.31. The maximum atomic E-state index is 6.01. The molecule has 0 saturated heterocycles. The maximum Gasteiger partial charge on any atom is 0.201 e. The van der Waals surface area contributed by atoms with E-state index in [0.717, 1.165) is 17.6 Å². The van der Waals surface area contributed by atoms with E-state index in [-0.39, 0.29) is 0 Å². The maximum absolute atomic E-state index is 6.01. The molecule has 4 heteroatoms. The van der Waals surface area contributed by atoms with Gasteiger partial charge in [0.05, 0.1) is 11.0 Å². The van der Waals surface area contributed by atoms with Crippen molar-refractivity contribution in [2.75, 3.05) is 5.73 Å². The van der Waals surface area contributed by atoms with Crippen LogP contribution in [-0.2, 0) is 6.54 Å². The number of imidazole rings is 1. The van der Waals surface area contributed by atoms with Crippen molar-refractivity contribution in [3.05, 3.63) is 21.8 Å². The van der Waals surface area contributed by atoms with Crippen molar-refractivity contribution in [1.82, 2.24) is 9.55 Å². The van der Waals surface area contributed by atoms with Gasteiger partial charge in [-0.3, -0.25) is 0 Å². The van der Waals surface area contributed by atoms with Gasteiger partial charge >= 0.3 is 0 Å². The minimum Gasteiger partial charge on any atom is -0.369 e. The van der Waals surface area contributed by atoms with Crippen LogP contribution in [0.2, 0.25) is 0 Å². The molecular formula is C13H18IN3. The first-order valence-electron chi connectivity index (χ1n) is 6.07. The molecule has 0 aliphatic carbocycles. The molecule has 2 rings (SSSR count). The minimum atomic E-state index is 0.633. The van der Waals surface area contributed by atoms with Gasteiger partial charge in [-0.25, -0.2) is 4.98 Å². The highest BCUT2D eigenvalue weighted by Crippen LogP contribution is 2.23. The smallest absolute Gasteiger partial charge is 0.201 e. The van der Waals surface area contributed by atoms with E-state index in [1.807, 2.05) is 0 Å². The predicted molar refractivity (Wildman–Crippen MR) is 80.9 cm³/mol. The molecule has 0 bridgehead atoms. The number of anilines is 1. The second kappa shape index (κ2) is 5.25. The zero-order valence-electron chi connectivity index (χ0n) is 10.3. The molecule has 92 valence electrons. The third-order valence-electron chi connectivity index (χ3n) is 3.34. The second-order valence-corrected chi connectivity index (χ2v) is 5.64. The van der Waals surface area contributed by atoms with E-state index < -0.39 is 0 Å². The monoisotopic (exact) mass is 343 g/mol. The van der Waals surface area contributed by atoms with Gasteiger partial charge in [-0.1, -0.05) is 26.7 Å². The SMILES string of the molecule is CCC(CC)Cn1c(N)nc2cc(I)ccc21. The van der Waals surface area contributed by atoms with Gasteiger partial charge in [0, 0.05) is 10.1 Å². The fourth-order valence-corrected chi connectivity index (χ4v) is 2.59. The van der Waals surface area contributed by atoms with Gasteiger partial charge in [-0.2, -0.15) is 0 Å². The number of fused-ring (bicyclic) bond motifs is 1. The van der Waals surface area contributed by atoms with E-state index in [1.165, 1.54) is 16.4 Å². The van der Waals surface area contributed by atoms with Gasteiger partial charge in [0.2, 0.25) is 5.95 Å². The molecule has 0 atom stereocenters. The van der Waals surface area contributed by atoms with E-state index in [0.29, 0.717) is 11.9 Å². The van der Waals surface area contributed by atoms with Crippen molar-refractivity contribution in [3.63, 3.8) is 0 Å². The summed E-state index contributed by atoms with van der Waals surface area (Å²) in [6, 6.07) is 6.30. The molecule has 1 aromatic carbocycles. The van der Waals surface area contributed by atoms with E-state index in [9.17, 15) is 0 Å². The van der Waals surface area contributed by atoms with Crippen molar-refractivity contribution in [2.45, 2.75) is 33.2 Å². The first kappa shape index (κ1) is 12.7. The molecule has 0 aliphatic rings. The van der Waals surface area contributed by atoms with Crippen LogP contribution in [0.1, 0.15) is 26.7 Å². The third kappa shape index (κ3) is 2.56. The van der Waals surface area contributed by atoms with Crippen molar-refractivity contribution in [2.24, 2.45) is 5.92 Å². The van der Waals surface area contributed by atoms with Crippen molar-refractivity contribution < 1.29 is 0 Å². The summed E-state index contributed by atoms with van der Waals surface area (Å²) in [6.07, 6.45) is 2.36. The number of nitrogen functional groups attached to an aromatic ring is 1. The first-order chi connectivity index (χ1) is 8.15. The summed E-state index contributed by atoms with van der Waals surface area (Å²) < 4.78 is 3.34. The number of nitrogens with zero attached hydrogens (tertiary/aromatic N) is 2. The van der Waals surface area contributed by atoms with Crippen molar-refractivity contribution >= 4 is 39.6 Å². The molecule has 0 unspecified atom stereocenters. The molecule has 0 amide bonds. The van der Waals surface area contributed by atoms with Crippen LogP contribution in [0.4, 0.5) is 5.95 Å². The standard InChI is InChI=1S/C13H18IN3/c1-3-9(4-2)8-17-12-6-5-10(14)7-11(12)16-13(17)15/h5-7,9H,3-4,8H2,1-2H3,(H2,15,16). The van der Waals surface area contributed by atoms with E-state index >= 15 is 0 Å². The molecule has 1 aromatic heterocycles. The minimum absolute atomic E-state index is 0.633. The zero-order valence-corrected chi connectivity index (χ0v) is 12.4. The van der Waals surface area contributed by atoms with Crippen LogP contribution in [0.5, 0.6) is 0 Å². The number of nitrogens with two attached hydrogens (primary N) is 1. The van der Waals surface area contributed by atoms with Gasteiger partial charge in [0.25, 0.3) is 0 Å². The Morgan fingerprint density at radius 3 is 2.71 bits per heavy atom. The second-order valence-electron chi connectivity index (χ2n) is 4.40. The van der Waals surface area contributed by atoms with Crippen LogP contribution in [0.25, 0.3) is 11.0 Å². The summed E-state index contributed by atoms with van der Waals surface area (Å²) in [5.41, 5.74) is 8.16. The molecule has 0 radical (unpaired) electrons. The molecule has 1 heterocycles. The molecule has 2 aromatic rings. The lowest BCUT2D eigenvalue weighted by Gasteiger charge is -2.14. The first-order valence-corrected chi connectivity index (χ1v) is 7.14. The number of halogens is 1. The van der Waals surface area contributed by atoms with Gasteiger partial charge < -0.3 is 10.3 Å². The average molecular weight is 343 g/mol. The fourth-order valence-electron chi connectivity index (χ4n) is 2.12. The molecule has 0 aliphatic heterocycles. The van der Waals surface area contributed by atoms with E-state index in [1.54, 1.807) is 0 Å². The molecular weight excluding hydrogens is 325 g/mol. The Bertz CT molecular complexity index is 515. The van der Waals surface area contributed by atoms with Crippen molar-refractivity contribution in [1.29, 1.82) is 0 Å². The van der Waals surface area contributed by atoms with E-state index in [4.69, 9.17) is 5.73 Å². The Hall–Kier alpha value is -0.780. The molecule has 2 N–H and O–H groups in total. The number of aromatic nitrogens is 2. The lowest BCUT2D eigenvalue weighted by atomic mass is 10.0. The highest BCUT2D eigenvalue weighted by Gasteiger charge is 2.12. The topological polar surface area (TPSA) is 43.8 Å². The van der Waals surface area contributed by atoms with Crippen LogP contribution in [-0.4, -0.2) is 9.55 Å². The van der Waals surface area contributed by atoms with Crippen LogP contribution in [0, 0.1) is 9.49 Å². The van der Waals surface area contributed by atoms with Gasteiger partial charge in [0.1, 0.15) is 0 Å². The Labute approximate surface area is 116 Å². The lowest BCUT2D eigenvalue weighted by Crippen LogP contribution is -2.11. The molecule has 0 spiro atoms. The number of hydrogen-bond donors (Lipinski definition) is 1. The highest BCUT2D eigenvalue weighted by atomic mass is 127. The summed E-state index contributed by atoms with van der Waals surface area (Å²) in [5, 5.41) is 0. The lowest BCUT2D eigenvalue weighted by molar-refractivity contribution is 0.427. The molecule has 3 nitrogen and oxygen atoms in total. The average Bonchev–Trinajstić information content (AvgIpc) is 2.61. The number of benzene rings is 1. The number of hydrogen-bond acceptors (Lipinski definition) is 2.